The maximum Gasteiger partial charge on any atom is 0.410 e. The third kappa shape index (κ3) is 2.96. The summed E-state index contributed by atoms with van der Waals surface area (Å²) in [4.78, 5) is 20.6. The van der Waals surface area contributed by atoms with E-state index >= 15 is 0 Å². The van der Waals surface area contributed by atoms with Gasteiger partial charge in [-0.05, 0) is 39.3 Å². The second kappa shape index (κ2) is 5.20. The van der Waals surface area contributed by atoms with Gasteiger partial charge in [0.1, 0.15) is 5.60 Å². The highest BCUT2D eigenvalue weighted by Gasteiger charge is 2.44. The fourth-order valence-electron chi connectivity index (χ4n) is 3.11. The highest BCUT2D eigenvalue weighted by Crippen LogP contribution is 2.36. The predicted octanol–water partition coefficient (Wildman–Crippen LogP) is 2.53. The zero-order chi connectivity index (χ0) is 15.0. The Balaban J connectivity index is 1.64. The molecule has 5 nitrogen and oxygen atoms in total. The smallest absolute Gasteiger partial charge is 0.410 e. The minimum Gasteiger partial charge on any atom is -0.444 e. The Labute approximate surface area is 125 Å². The first-order chi connectivity index (χ1) is 9.94. The van der Waals surface area contributed by atoms with Crippen molar-refractivity contribution in [3.8, 4) is 0 Å². The normalized spacial score (nSPS) is 25.1. The molecule has 0 N–H and O–H groups in total. The summed E-state index contributed by atoms with van der Waals surface area (Å²) >= 11 is 0. The maximum absolute atomic E-state index is 12.2. The monoisotopic (exact) mass is 289 g/mol. The van der Waals surface area contributed by atoms with E-state index in [1.54, 1.807) is 6.20 Å². The average Bonchev–Trinajstić information content (AvgIpc) is 2.39. The van der Waals surface area contributed by atoms with Gasteiger partial charge in [-0.15, -0.1) is 0 Å². The summed E-state index contributed by atoms with van der Waals surface area (Å²) in [5, 5.41) is 0. The standard InChI is InChI=1S/C16H23N3O2/c1-16(2,3)21-15(20)18-8-6-12-10-19(14(12)11-18)13-5-4-7-17-9-13/h4-5,7,9,12,14H,6,8,10-11H2,1-3H3/t12-,14-/m0/s1. The van der Waals surface area contributed by atoms with Gasteiger partial charge >= 0.3 is 6.09 Å². The summed E-state index contributed by atoms with van der Waals surface area (Å²) < 4.78 is 5.48. The predicted molar refractivity (Wildman–Crippen MR) is 81.3 cm³/mol. The summed E-state index contributed by atoms with van der Waals surface area (Å²) in [6, 6.07) is 4.43. The number of rotatable bonds is 1. The van der Waals surface area contributed by atoms with E-state index in [-0.39, 0.29) is 6.09 Å². The van der Waals surface area contributed by atoms with Crippen LogP contribution in [0.4, 0.5) is 10.5 Å². The van der Waals surface area contributed by atoms with Gasteiger partial charge in [0, 0.05) is 31.7 Å². The van der Waals surface area contributed by atoms with Crippen molar-refractivity contribution in [3.05, 3.63) is 24.5 Å². The van der Waals surface area contributed by atoms with E-state index < -0.39 is 5.60 Å². The molecule has 2 saturated heterocycles. The molecule has 3 heterocycles. The van der Waals surface area contributed by atoms with Crippen molar-refractivity contribution in [1.82, 2.24) is 9.88 Å². The number of fused-ring (bicyclic) bond motifs is 1. The van der Waals surface area contributed by atoms with Gasteiger partial charge in [-0.25, -0.2) is 4.79 Å². The number of likely N-dealkylation sites (tertiary alicyclic amines) is 1. The summed E-state index contributed by atoms with van der Waals surface area (Å²) in [6.45, 7) is 8.33. The second-order valence-electron chi connectivity index (χ2n) is 6.91. The van der Waals surface area contributed by atoms with Crippen LogP contribution in [0.25, 0.3) is 0 Å². The Kier molecular flexibility index (Phi) is 3.51. The Bertz CT molecular complexity index is 512. The van der Waals surface area contributed by atoms with Crippen LogP contribution in [0.5, 0.6) is 0 Å². The van der Waals surface area contributed by atoms with Crippen LogP contribution in [-0.4, -0.2) is 47.3 Å². The van der Waals surface area contributed by atoms with Gasteiger partial charge in [0.2, 0.25) is 0 Å². The number of piperidine rings is 1. The van der Waals surface area contributed by atoms with Crippen LogP contribution in [-0.2, 0) is 4.74 Å². The molecule has 2 aliphatic heterocycles. The Morgan fingerprint density at radius 1 is 1.38 bits per heavy atom. The molecule has 5 heteroatoms. The molecular formula is C16H23N3O2. The van der Waals surface area contributed by atoms with Crippen LogP contribution in [0.2, 0.25) is 0 Å². The summed E-state index contributed by atoms with van der Waals surface area (Å²) in [5.41, 5.74) is 0.709. The van der Waals surface area contributed by atoms with Gasteiger partial charge in [-0.3, -0.25) is 4.98 Å². The largest absolute Gasteiger partial charge is 0.444 e. The molecule has 0 bridgehead atoms. The quantitative estimate of drug-likeness (QED) is 0.797. The lowest BCUT2D eigenvalue weighted by Gasteiger charge is -2.54. The highest BCUT2D eigenvalue weighted by molar-refractivity contribution is 5.68. The zero-order valence-corrected chi connectivity index (χ0v) is 13.0. The van der Waals surface area contributed by atoms with E-state index in [0.29, 0.717) is 12.0 Å². The molecule has 1 aromatic heterocycles. The number of aromatic nitrogens is 1. The van der Waals surface area contributed by atoms with Crippen molar-refractivity contribution in [1.29, 1.82) is 0 Å². The number of amides is 1. The van der Waals surface area contributed by atoms with Crippen molar-refractivity contribution >= 4 is 11.8 Å². The fourth-order valence-corrected chi connectivity index (χ4v) is 3.11. The van der Waals surface area contributed by atoms with E-state index in [1.807, 2.05) is 37.9 Å². The van der Waals surface area contributed by atoms with Gasteiger partial charge in [0.15, 0.2) is 0 Å². The molecule has 21 heavy (non-hydrogen) atoms. The third-order valence-corrected chi connectivity index (χ3v) is 4.18. The van der Waals surface area contributed by atoms with Gasteiger partial charge in [0.25, 0.3) is 0 Å². The Morgan fingerprint density at radius 3 is 2.86 bits per heavy atom. The average molecular weight is 289 g/mol. The van der Waals surface area contributed by atoms with Crippen LogP contribution in [0, 0.1) is 5.92 Å². The molecule has 1 amide bonds. The lowest BCUT2D eigenvalue weighted by molar-refractivity contribution is 0.0107. The van der Waals surface area contributed by atoms with Gasteiger partial charge in [-0.1, -0.05) is 0 Å². The molecule has 0 aromatic carbocycles. The first kappa shape index (κ1) is 14.2. The fraction of sp³-hybridized carbons (Fsp3) is 0.625. The molecule has 0 aliphatic carbocycles. The Hall–Kier alpha value is -1.78. The van der Waals surface area contributed by atoms with E-state index in [1.165, 1.54) is 0 Å². The summed E-state index contributed by atoms with van der Waals surface area (Å²) in [5.74, 6) is 0.684. The van der Waals surface area contributed by atoms with Crippen molar-refractivity contribution in [2.24, 2.45) is 5.92 Å². The molecular weight excluding hydrogens is 266 g/mol. The van der Waals surface area contributed by atoms with E-state index in [4.69, 9.17) is 4.74 Å². The molecule has 2 fully saturated rings. The Morgan fingerprint density at radius 2 is 2.19 bits per heavy atom. The summed E-state index contributed by atoms with van der Waals surface area (Å²) in [7, 11) is 0. The first-order valence-electron chi connectivity index (χ1n) is 7.58. The third-order valence-electron chi connectivity index (χ3n) is 4.18. The van der Waals surface area contributed by atoms with Crippen LogP contribution >= 0.6 is 0 Å². The van der Waals surface area contributed by atoms with Crippen molar-refractivity contribution in [3.63, 3.8) is 0 Å². The van der Waals surface area contributed by atoms with Crippen LogP contribution in [0.3, 0.4) is 0 Å². The first-order valence-corrected chi connectivity index (χ1v) is 7.58. The summed E-state index contributed by atoms with van der Waals surface area (Å²) in [6.07, 6.45) is 4.54. The van der Waals surface area contributed by atoms with Gasteiger partial charge in [0.05, 0.1) is 17.9 Å². The van der Waals surface area contributed by atoms with Crippen LogP contribution in [0.15, 0.2) is 24.5 Å². The van der Waals surface area contributed by atoms with Gasteiger partial charge < -0.3 is 14.5 Å². The molecule has 0 saturated carbocycles. The number of carbonyl (C=O) groups excluding carboxylic acids is 1. The van der Waals surface area contributed by atoms with Crippen LogP contribution < -0.4 is 4.90 Å². The van der Waals surface area contributed by atoms with Crippen LogP contribution in [0.1, 0.15) is 27.2 Å². The van der Waals surface area contributed by atoms with Crippen molar-refractivity contribution in [2.45, 2.75) is 38.8 Å². The minimum absolute atomic E-state index is 0.195. The number of pyridine rings is 1. The van der Waals surface area contributed by atoms with E-state index in [2.05, 4.69) is 16.0 Å². The van der Waals surface area contributed by atoms with Crippen molar-refractivity contribution in [2.75, 3.05) is 24.5 Å². The number of nitrogens with zero attached hydrogens (tertiary/aromatic N) is 3. The minimum atomic E-state index is -0.434. The lowest BCUT2D eigenvalue weighted by Crippen LogP contribution is -2.65. The number of anilines is 1. The molecule has 0 unspecified atom stereocenters. The number of ether oxygens (including phenoxy) is 1. The zero-order valence-electron chi connectivity index (χ0n) is 13.0. The topological polar surface area (TPSA) is 45.7 Å². The number of hydrogen-bond acceptors (Lipinski definition) is 4. The second-order valence-corrected chi connectivity index (χ2v) is 6.91. The lowest BCUT2D eigenvalue weighted by atomic mass is 9.82. The molecule has 114 valence electrons. The molecule has 3 rings (SSSR count). The SMILES string of the molecule is CC(C)(C)OC(=O)N1CC[C@H]2CN(c3cccnc3)[C@H]2C1. The van der Waals surface area contributed by atoms with E-state index in [0.717, 1.165) is 31.7 Å². The van der Waals surface area contributed by atoms with Gasteiger partial charge in [-0.2, -0.15) is 0 Å². The van der Waals surface area contributed by atoms with Crippen molar-refractivity contribution < 1.29 is 9.53 Å². The molecule has 1 aromatic rings. The molecule has 0 radical (unpaired) electrons. The molecule has 2 atom stereocenters. The molecule has 2 aliphatic rings. The number of carbonyl (C=O) groups is 1. The van der Waals surface area contributed by atoms with E-state index in [9.17, 15) is 4.79 Å². The molecule has 0 spiro atoms. The number of hydrogen-bond donors (Lipinski definition) is 0. The maximum atomic E-state index is 12.2. The highest BCUT2D eigenvalue weighted by atomic mass is 16.6.